The van der Waals surface area contributed by atoms with Gasteiger partial charge in [-0.3, -0.25) is 0 Å². The number of amides is 2. The van der Waals surface area contributed by atoms with Crippen molar-refractivity contribution in [3.63, 3.8) is 0 Å². The summed E-state index contributed by atoms with van der Waals surface area (Å²) in [6.45, 7) is 4.92. The van der Waals surface area contributed by atoms with Crippen LogP contribution >= 0.6 is 0 Å². The molecule has 1 aliphatic heterocycles. The highest BCUT2D eigenvalue weighted by molar-refractivity contribution is 5.89. The van der Waals surface area contributed by atoms with E-state index in [0.29, 0.717) is 13.1 Å². The Bertz CT molecular complexity index is 502. The van der Waals surface area contributed by atoms with Crippen LogP contribution in [-0.2, 0) is 0 Å². The average Bonchev–Trinajstić information content (AvgIpc) is 2.45. The quantitative estimate of drug-likeness (QED) is 0.801. The van der Waals surface area contributed by atoms with Gasteiger partial charge in [-0.25, -0.2) is 4.79 Å². The van der Waals surface area contributed by atoms with Gasteiger partial charge in [0.05, 0.1) is 12.1 Å². The maximum Gasteiger partial charge on any atom is 0.321 e. The standard InChI is InChI=1S/C16H25N3O2/c1-12(17-3)13-6-4-7-14(10-13)18-15(20)19-9-5-8-16(2,21)11-19/h4,6-7,10,12,17,21H,5,8-9,11H2,1-3H3,(H,18,20). The molecule has 1 saturated heterocycles. The van der Waals surface area contributed by atoms with Crippen LogP contribution in [0.2, 0.25) is 0 Å². The van der Waals surface area contributed by atoms with Gasteiger partial charge >= 0.3 is 6.03 Å². The lowest BCUT2D eigenvalue weighted by atomic mass is 9.95. The SMILES string of the molecule is CNC(C)c1cccc(NC(=O)N2CCCC(C)(O)C2)c1. The zero-order valence-corrected chi connectivity index (χ0v) is 13.0. The van der Waals surface area contributed by atoms with E-state index in [-0.39, 0.29) is 12.1 Å². The van der Waals surface area contributed by atoms with Crippen LogP contribution in [0, 0.1) is 0 Å². The number of β-amino-alcohol motifs (C(OH)–C–C–N with tert-alkyl or cyclic N) is 1. The molecule has 1 aromatic carbocycles. The van der Waals surface area contributed by atoms with Crippen molar-refractivity contribution < 1.29 is 9.90 Å². The summed E-state index contributed by atoms with van der Waals surface area (Å²) in [5.74, 6) is 0. The lowest BCUT2D eigenvalue weighted by Gasteiger charge is -2.36. The molecule has 5 heteroatoms. The molecule has 0 bridgehead atoms. The van der Waals surface area contributed by atoms with Crippen LogP contribution in [0.15, 0.2) is 24.3 Å². The molecule has 0 aromatic heterocycles. The molecule has 0 radical (unpaired) electrons. The highest BCUT2D eigenvalue weighted by Gasteiger charge is 2.30. The number of benzene rings is 1. The average molecular weight is 291 g/mol. The minimum atomic E-state index is -0.780. The van der Waals surface area contributed by atoms with Crippen LogP contribution in [0.3, 0.4) is 0 Å². The fourth-order valence-corrected chi connectivity index (χ4v) is 2.65. The Hall–Kier alpha value is -1.59. The normalized spacial score (nSPS) is 23.7. The molecule has 21 heavy (non-hydrogen) atoms. The molecule has 0 aliphatic carbocycles. The number of nitrogens with one attached hydrogen (secondary N) is 2. The van der Waals surface area contributed by atoms with Gasteiger partial charge in [0.25, 0.3) is 0 Å². The van der Waals surface area contributed by atoms with Crippen molar-refractivity contribution in [3.05, 3.63) is 29.8 Å². The van der Waals surface area contributed by atoms with Gasteiger partial charge in [-0.15, -0.1) is 0 Å². The van der Waals surface area contributed by atoms with E-state index >= 15 is 0 Å². The van der Waals surface area contributed by atoms with Crippen LogP contribution in [0.5, 0.6) is 0 Å². The lowest BCUT2D eigenvalue weighted by Crippen LogP contribution is -2.49. The van der Waals surface area contributed by atoms with Crippen molar-refractivity contribution in [2.75, 3.05) is 25.5 Å². The fourth-order valence-electron chi connectivity index (χ4n) is 2.65. The van der Waals surface area contributed by atoms with Crippen LogP contribution in [0.1, 0.15) is 38.3 Å². The predicted octanol–water partition coefficient (Wildman–Crippen LogP) is 2.35. The molecule has 3 N–H and O–H groups in total. The third kappa shape index (κ3) is 4.19. The fraction of sp³-hybridized carbons (Fsp3) is 0.562. The van der Waals surface area contributed by atoms with Gasteiger partial charge in [-0.2, -0.15) is 0 Å². The number of anilines is 1. The molecule has 0 spiro atoms. The summed E-state index contributed by atoms with van der Waals surface area (Å²) in [7, 11) is 1.91. The number of rotatable bonds is 3. The first-order valence-electron chi connectivity index (χ1n) is 7.47. The third-order valence-electron chi connectivity index (χ3n) is 4.03. The van der Waals surface area contributed by atoms with E-state index in [4.69, 9.17) is 0 Å². The summed E-state index contributed by atoms with van der Waals surface area (Å²) in [4.78, 5) is 14.0. The minimum Gasteiger partial charge on any atom is -0.388 e. The first-order chi connectivity index (χ1) is 9.91. The number of piperidine rings is 1. The molecule has 2 rings (SSSR count). The highest BCUT2D eigenvalue weighted by Crippen LogP contribution is 2.22. The Morgan fingerprint density at radius 3 is 2.90 bits per heavy atom. The van der Waals surface area contributed by atoms with Gasteiger partial charge in [-0.1, -0.05) is 12.1 Å². The second-order valence-corrected chi connectivity index (χ2v) is 6.09. The van der Waals surface area contributed by atoms with Gasteiger partial charge in [-0.05, 0) is 51.4 Å². The summed E-state index contributed by atoms with van der Waals surface area (Å²) in [5, 5.41) is 16.2. The van der Waals surface area contributed by atoms with Crippen molar-refractivity contribution in [1.82, 2.24) is 10.2 Å². The smallest absolute Gasteiger partial charge is 0.321 e. The van der Waals surface area contributed by atoms with Crippen molar-refractivity contribution in [1.29, 1.82) is 0 Å². The first kappa shape index (κ1) is 15.8. The number of urea groups is 1. The number of aliphatic hydroxyl groups is 1. The van der Waals surface area contributed by atoms with E-state index in [0.717, 1.165) is 24.1 Å². The Labute approximate surface area is 126 Å². The summed E-state index contributed by atoms with van der Waals surface area (Å²) in [6.07, 6.45) is 1.57. The highest BCUT2D eigenvalue weighted by atomic mass is 16.3. The molecule has 116 valence electrons. The van der Waals surface area contributed by atoms with Crippen LogP contribution in [-0.4, -0.2) is 41.8 Å². The third-order valence-corrected chi connectivity index (χ3v) is 4.03. The number of carbonyl (C=O) groups is 1. The van der Waals surface area contributed by atoms with Crippen LogP contribution in [0.25, 0.3) is 0 Å². The Kier molecular flexibility index (Phi) is 4.85. The molecule has 1 fully saturated rings. The largest absolute Gasteiger partial charge is 0.388 e. The molecule has 2 atom stereocenters. The Morgan fingerprint density at radius 1 is 1.48 bits per heavy atom. The summed E-state index contributed by atoms with van der Waals surface area (Å²) < 4.78 is 0. The zero-order valence-electron chi connectivity index (χ0n) is 13.0. The molecule has 2 amide bonds. The number of hydrogen-bond donors (Lipinski definition) is 3. The monoisotopic (exact) mass is 291 g/mol. The van der Waals surface area contributed by atoms with Crippen molar-refractivity contribution >= 4 is 11.7 Å². The molecule has 2 unspecified atom stereocenters. The maximum absolute atomic E-state index is 12.3. The van der Waals surface area contributed by atoms with Gasteiger partial charge in [0.1, 0.15) is 0 Å². The second kappa shape index (κ2) is 6.45. The molecule has 1 heterocycles. The molecule has 0 saturated carbocycles. The molecule has 5 nitrogen and oxygen atoms in total. The molecular weight excluding hydrogens is 266 g/mol. The number of nitrogens with zero attached hydrogens (tertiary/aromatic N) is 1. The van der Waals surface area contributed by atoms with E-state index in [1.165, 1.54) is 0 Å². The van der Waals surface area contributed by atoms with Crippen LogP contribution < -0.4 is 10.6 Å². The molecule has 1 aliphatic rings. The lowest BCUT2D eigenvalue weighted by molar-refractivity contribution is -0.000635. The molecular formula is C16H25N3O2. The van der Waals surface area contributed by atoms with E-state index in [1.807, 2.05) is 31.3 Å². The first-order valence-corrected chi connectivity index (χ1v) is 7.47. The number of hydrogen-bond acceptors (Lipinski definition) is 3. The predicted molar refractivity (Wildman–Crippen MR) is 84.4 cm³/mol. The van der Waals surface area contributed by atoms with E-state index in [2.05, 4.69) is 17.6 Å². The second-order valence-electron chi connectivity index (χ2n) is 6.09. The van der Waals surface area contributed by atoms with Crippen molar-refractivity contribution in [2.45, 2.75) is 38.3 Å². The summed E-state index contributed by atoms with van der Waals surface area (Å²) >= 11 is 0. The van der Waals surface area contributed by atoms with Gasteiger partial charge in [0, 0.05) is 18.3 Å². The Morgan fingerprint density at radius 2 is 2.24 bits per heavy atom. The van der Waals surface area contributed by atoms with E-state index in [1.54, 1.807) is 11.8 Å². The van der Waals surface area contributed by atoms with Gasteiger partial charge in [0.15, 0.2) is 0 Å². The van der Waals surface area contributed by atoms with Gasteiger partial charge < -0.3 is 20.6 Å². The van der Waals surface area contributed by atoms with Crippen molar-refractivity contribution in [3.8, 4) is 0 Å². The number of likely N-dealkylation sites (tertiary alicyclic amines) is 1. The maximum atomic E-state index is 12.3. The van der Waals surface area contributed by atoms with Crippen molar-refractivity contribution in [2.24, 2.45) is 0 Å². The van der Waals surface area contributed by atoms with Gasteiger partial charge in [0.2, 0.25) is 0 Å². The summed E-state index contributed by atoms with van der Waals surface area (Å²) in [6, 6.07) is 7.91. The topological polar surface area (TPSA) is 64.6 Å². The molecule has 1 aromatic rings. The van der Waals surface area contributed by atoms with E-state index in [9.17, 15) is 9.90 Å². The Balaban J connectivity index is 2.02. The zero-order chi connectivity index (χ0) is 15.5. The minimum absolute atomic E-state index is 0.149. The number of carbonyl (C=O) groups excluding carboxylic acids is 1. The van der Waals surface area contributed by atoms with E-state index < -0.39 is 5.60 Å². The summed E-state index contributed by atoms with van der Waals surface area (Å²) in [5.41, 5.74) is 1.13. The van der Waals surface area contributed by atoms with Crippen LogP contribution in [0.4, 0.5) is 10.5 Å².